The molecule has 27 heavy (non-hydrogen) atoms. The van der Waals surface area contributed by atoms with Crippen molar-refractivity contribution in [2.45, 2.75) is 18.6 Å². The second kappa shape index (κ2) is 7.41. The Morgan fingerprint density at radius 2 is 1.74 bits per heavy atom. The van der Waals surface area contributed by atoms with E-state index in [-0.39, 0.29) is 0 Å². The zero-order chi connectivity index (χ0) is 18.6. The summed E-state index contributed by atoms with van der Waals surface area (Å²) in [4.78, 5) is 29.3. The van der Waals surface area contributed by atoms with Gasteiger partial charge in [0.2, 0.25) is 6.10 Å². The molecule has 0 spiro atoms. The van der Waals surface area contributed by atoms with Crippen LogP contribution in [0.4, 0.5) is 0 Å². The zero-order valence-electron chi connectivity index (χ0n) is 14.4. The van der Waals surface area contributed by atoms with E-state index in [0.29, 0.717) is 17.7 Å². The standard InChI is InChI=1S/C22H17NO4/c24-21-17-11-5-4-10-16(17)14-19(26-21)22(25)27-20(15-8-2-1-3-9-15)18-12-6-7-13-23-18/h1-13,19-20H,14H2. The fourth-order valence-electron chi connectivity index (χ4n) is 3.11. The molecule has 0 bridgehead atoms. The minimum atomic E-state index is -0.970. The van der Waals surface area contributed by atoms with Crippen molar-refractivity contribution in [1.82, 2.24) is 4.98 Å². The molecule has 2 unspecified atom stereocenters. The van der Waals surface area contributed by atoms with E-state index in [9.17, 15) is 9.59 Å². The van der Waals surface area contributed by atoms with Crippen molar-refractivity contribution in [2.24, 2.45) is 0 Å². The second-order valence-corrected chi connectivity index (χ2v) is 6.24. The molecule has 2 aromatic carbocycles. The lowest BCUT2D eigenvalue weighted by atomic mass is 9.98. The summed E-state index contributed by atoms with van der Waals surface area (Å²) in [5.74, 6) is -1.09. The van der Waals surface area contributed by atoms with Crippen LogP contribution in [-0.4, -0.2) is 23.0 Å². The molecule has 0 fully saturated rings. The average molecular weight is 359 g/mol. The van der Waals surface area contributed by atoms with Crippen LogP contribution in [-0.2, 0) is 20.7 Å². The van der Waals surface area contributed by atoms with Crippen molar-refractivity contribution in [3.05, 3.63) is 101 Å². The van der Waals surface area contributed by atoms with Crippen LogP contribution in [0.3, 0.4) is 0 Å². The summed E-state index contributed by atoms with van der Waals surface area (Å²) in [6.07, 6.45) is 0.304. The average Bonchev–Trinajstić information content (AvgIpc) is 2.73. The Balaban J connectivity index is 1.59. The number of cyclic esters (lactones) is 1. The molecule has 1 aromatic heterocycles. The van der Waals surface area contributed by atoms with Crippen LogP contribution in [0.25, 0.3) is 0 Å². The van der Waals surface area contributed by atoms with Gasteiger partial charge in [0.25, 0.3) is 0 Å². The Labute approximate surface area is 156 Å². The number of aromatic nitrogens is 1. The van der Waals surface area contributed by atoms with Gasteiger partial charge in [-0.2, -0.15) is 0 Å². The van der Waals surface area contributed by atoms with Crippen LogP contribution in [0.5, 0.6) is 0 Å². The van der Waals surface area contributed by atoms with Crippen LogP contribution >= 0.6 is 0 Å². The van der Waals surface area contributed by atoms with Gasteiger partial charge in [0.05, 0.1) is 11.3 Å². The number of hydrogen-bond donors (Lipinski definition) is 0. The maximum atomic E-state index is 12.8. The highest BCUT2D eigenvalue weighted by Crippen LogP contribution is 2.27. The van der Waals surface area contributed by atoms with Crippen molar-refractivity contribution in [2.75, 3.05) is 0 Å². The number of nitrogens with zero attached hydrogens (tertiary/aromatic N) is 1. The summed E-state index contributed by atoms with van der Waals surface area (Å²) in [6.45, 7) is 0. The van der Waals surface area contributed by atoms with Crippen LogP contribution in [0.15, 0.2) is 79.0 Å². The van der Waals surface area contributed by atoms with Crippen molar-refractivity contribution in [3.63, 3.8) is 0 Å². The number of carbonyl (C=O) groups is 2. The Hall–Kier alpha value is -3.47. The van der Waals surface area contributed by atoms with Gasteiger partial charge in [-0.3, -0.25) is 4.98 Å². The largest absolute Gasteiger partial charge is 0.448 e. The fourth-order valence-corrected chi connectivity index (χ4v) is 3.11. The van der Waals surface area contributed by atoms with E-state index in [1.807, 2.05) is 48.5 Å². The van der Waals surface area contributed by atoms with Gasteiger partial charge in [-0.25, -0.2) is 9.59 Å². The van der Waals surface area contributed by atoms with Gasteiger partial charge in [0.15, 0.2) is 6.10 Å². The molecule has 5 heteroatoms. The molecule has 0 aliphatic carbocycles. The van der Waals surface area contributed by atoms with Gasteiger partial charge in [-0.15, -0.1) is 0 Å². The number of hydrogen-bond acceptors (Lipinski definition) is 5. The molecule has 1 aliphatic rings. The van der Waals surface area contributed by atoms with Gasteiger partial charge in [-0.05, 0) is 29.3 Å². The van der Waals surface area contributed by atoms with Gasteiger partial charge < -0.3 is 9.47 Å². The van der Waals surface area contributed by atoms with E-state index in [1.165, 1.54) is 0 Å². The van der Waals surface area contributed by atoms with Crippen LogP contribution in [0.1, 0.15) is 33.3 Å². The number of esters is 2. The van der Waals surface area contributed by atoms with E-state index in [1.54, 1.807) is 30.5 Å². The Morgan fingerprint density at radius 1 is 1.00 bits per heavy atom. The monoisotopic (exact) mass is 359 g/mol. The van der Waals surface area contributed by atoms with E-state index in [4.69, 9.17) is 9.47 Å². The smallest absolute Gasteiger partial charge is 0.348 e. The van der Waals surface area contributed by atoms with Gasteiger partial charge in [0, 0.05) is 12.6 Å². The van der Waals surface area contributed by atoms with Crippen molar-refractivity contribution in [3.8, 4) is 0 Å². The molecule has 0 amide bonds. The molecule has 1 aliphatic heterocycles. The first-order valence-electron chi connectivity index (χ1n) is 8.67. The molecule has 2 atom stereocenters. The molecule has 4 rings (SSSR count). The SMILES string of the molecule is O=C1OC(C(=O)OC(c2ccccc2)c2ccccn2)Cc2ccccc21. The fraction of sp³-hybridized carbons (Fsp3) is 0.136. The molecular weight excluding hydrogens is 342 g/mol. The summed E-state index contributed by atoms with van der Waals surface area (Å²) < 4.78 is 11.1. The quantitative estimate of drug-likeness (QED) is 0.667. The van der Waals surface area contributed by atoms with Gasteiger partial charge in [0.1, 0.15) is 0 Å². The summed E-state index contributed by atoms with van der Waals surface area (Å²) >= 11 is 0. The number of benzene rings is 2. The maximum Gasteiger partial charge on any atom is 0.348 e. The maximum absolute atomic E-state index is 12.8. The zero-order valence-corrected chi connectivity index (χ0v) is 14.4. The number of pyridine rings is 1. The van der Waals surface area contributed by atoms with E-state index < -0.39 is 24.1 Å². The predicted molar refractivity (Wildman–Crippen MR) is 98.0 cm³/mol. The molecule has 2 heterocycles. The van der Waals surface area contributed by atoms with Crippen LogP contribution < -0.4 is 0 Å². The number of fused-ring (bicyclic) bond motifs is 1. The normalized spacial score (nSPS) is 16.7. The molecule has 134 valence electrons. The first-order chi connectivity index (χ1) is 13.2. The van der Waals surface area contributed by atoms with Crippen molar-refractivity contribution >= 4 is 11.9 Å². The van der Waals surface area contributed by atoms with E-state index >= 15 is 0 Å². The number of ether oxygens (including phenoxy) is 2. The van der Waals surface area contributed by atoms with Gasteiger partial charge in [-0.1, -0.05) is 54.6 Å². The van der Waals surface area contributed by atoms with Crippen LogP contribution in [0, 0.1) is 0 Å². The first-order valence-corrected chi connectivity index (χ1v) is 8.67. The minimum absolute atomic E-state index is 0.296. The highest BCUT2D eigenvalue weighted by Gasteiger charge is 2.34. The lowest BCUT2D eigenvalue weighted by Crippen LogP contribution is -2.36. The van der Waals surface area contributed by atoms with E-state index in [0.717, 1.165) is 11.1 Å². The molecule has 3 aromatic rings. The summed E-state index contributed by atoms with van der Waals surface area (Å²) in [7, 11) is 0. The van der Waals surface area contributed by atoms with Gasteiger partial charge >= 0.3 is 11.9 Å². The third-order valence-electron chi connectivity index (χ3n) is 4.45. The lowest BCUT2D eigenvalue weighted by Gasteiger charge is -2.25. The summed E-state index contributed by atoms with van der Waals surface area (Å²) in [5, 5.41) is 0. The first kappa shape index (κ1) is 17.0. The Bertz CT molecular complexity index is 917. The highest BCUT2D eigenvalue weighted by atomic mass is 16.6. The van der Waals surface area contributed by atoms with Crippen LogP contribution in [0.2, 0.25) is 0 Å². The molecule has 0 saturated heterocycles. The molecule has 0 saturated carbocycles. The Morgan fingerprint density at radius 3 is 2.52 bits per heavy atom. The lowest BCUT2D eigenvalue weighted by molar-refractivity contribution is -0.158. The van der Waals surface area contributed by atoms with E-state index in [2.05, 4.69) is 4.98 Å². The number of rotatable bonds is 4. The predicted octanol–water partition coefficient (Wildman–Crippen LogP) is 3.50. The third kappa shape index (κ3) is 3.58. The Kier molecular flexibility index (Phi) is 4.66. The summed E-state index contributed by atoms with van der Waals surface area (Å²) in [5.41, 5.74) is 2.68. The molecule has 0 radical (unpaired) electrons. The number of carbonyl (C=O) groups excluding carboxylic acids is 2. The van der Waals surface area contributed by atoms with Crippen molar-refractivity contribution < 1.29 is 19.1 Å². The highest BCUT2D eigenvalue weighted by molar-refractivity contribution is 5.94. The molecule has 5 nitrogen and oxygen atoms in total. The third-order valence-corrected chi connectivity index (χ3v) is 4.45. The molecular formula is C22H17NO4. The van der Waals surface area contributed by atoms with Crippen molar-refractivity contribution in [1.29, 1.82) is 0 Å². The minimum Gasteiger partial charge on any atom is -0.448 e. The molecule has 0 N–H and O–H groups in total. The summed E-state index contributed by atoms with van der Waals surface area (Å²) in [6, 6.07) is 21.9. The topological polar surface area (TPSA) is 65.5 Å². The second-order valence-electron chi connectivity index (χ2n) is 6.24.